The molecule has 1 aliphatic rings. The summed E-state index contributed by atoms with van der Waals surface area (Å²) >= 11 is 0. The van der Waals surface area contributed by atoms with Crippen molar-refractivity contribution >= 4 is 0 Å². The average Bonchev–Trinajstić information content (AvgIpc) is 2.70. The van der Waals surface area contributed by atoms with Gasteiger partial charge in [-0.1, -0.05) is 19.0 Å². The van der Waals surface area contributed by atoms with Gasteiger partial charge in [0.1, 0.15) is 5.76 Å². The summed E-state index contributed by atoms with van der Waals surface area (Å²) in [5.74, 6) is 0.926. The summed E-state index contributed by atoms with van der Waals surface area (Å²) in [5.41, 5.74) is 0.513. The molecule has 0 saturated heterocycles. The Kier molecular flexibility index (Phi) is 2.59. The quantitative estimate of drug-likeness (QED) is 0.802. The summed E-state index contributed by atoms with van der Waals surface area (Å²) in [4.78, 5) is 0. The maximum Gasteiger partial charge on any atom is 0.150 e. The number of nitrogens with one attached hydrogen (secondary N) is 1. The van der Waals surface area contributed by atoms with Crippen LogP contribution in [-0.4, -0.2) is 11.2 Å². The number of rotatable bonds is 3. The Bertz CT molecular complexity index is 279. The molecule has 1 atom stereocenters. The Labute approximate surface area is 84.9 Å². The van der Waals surface area contributed by atoms with Gasteiger partial charge in [0.05, 0.1) is 12.7 Å². The van der Waals surface area contributed by atoms with Crippen LogP contribution in [0.1, 0.15) is 38.9 Å². The Hall–Kier alpha value is -0.830. The minimum atomic E-state index is 0.513. The zero-order valence-corrected chi connectivity index (χ0v) is 8.92. The molecule has 78 valence electrons. The van der Waals surface area contributed by atoms with Gasteiger partial charge in [-0.05, 0) is 24.7 Å². The highest BCUT2D eigenvalue weighted by Gasteiger charge is 2.30. The van der Waals surface area contributed by atoms with Gasteiger partial charge in [0.2, 0.25) is 0 Å². The lowest BCUT2D eigenvalue weighted by Crippen LogP contribution is -2.26. The van der Waals surface area contributed by atoms with E-state index in [0.717, 1.165) is 12.3 Å². The van der Waals surface area contributed by atoms with Crippen LogP contribution in [0.3, 0.4) is 0 Å². The summed E-state index contributed by atoms with van der Waals surface area (Å²) in [7, 11) is 0. The molecule has 0 radical (unpaired) electrons. The molecular weight excluding hydrogens is 176 g/mol. The van der Waals surface area contributed by atoms with Crippen LogP contribution in [0.5, 0.6) is 0 Å². The number of aromatic nitrogens is 1. The SMILES string of the molecule is CC1(C)CCC(NCc2ccno2)C1. The van der Waals surface area contributed by atoms with Crippen molar-refractivity contribution in [2.24, 2.45) is 5.41 Å². The zero-order valence-electron chi connectivity index (χ0n) is 8.92. The number of nitrogens with zero attached hydrogens (tertiary/aromatic N) is 1. The Morgan fingerprint density at radius 3 is 3.07 bits per heavy atom. The molecule has 0 amide bonds. The fraction of sp³-hybridized carbons (Fsp3) is 0.727. The van der Waals surface area contributed by atoms with E-state index in [1.165, 1.54) is 19.3 Å². The fourth-order valence-electron chi connectivity index (χ4n) is 2.19. The first-order chi connectivity index (χ1) is 6.66. The van der Waals surface area contributed by atoms with Crippen molar-refractivity contribution in [1.29, 1.82) is 0 Å². The zero-order chi connectivity index (χ0) is 10.0. The third-order valence-corrected chi connectivity index (χ3v) is 3.02. The van der Waals surface area contributed by atoms with Crippen molar-refractivity contribution < 1.29 is 4.52 Å². The second kappa shape index (κ2) is 3.73. The third-order valence-electron chi connectivity index (χ3n) is 3.02. The third kappa shape index (κ3) is 2.35. The standard InChI is InChI=1S/C11H18N2O/c1-11(2)5-3-9(7-11)12-8-10-4-6-13-14-10/h4,6,9,12H,3,5,7-8H2,1-2H3. The van der Waals surface area contributed by atoms with E-state index < -0.39 is 0 Å². The molecule has 3 nitrogen and oxygen atoms in total. The van der Waals surface area contributed by atoms with E-state index in [2.05, 4.69) is 24.3 Å². The van der Waals surface area contributed by atoms with Crippen LogP contribution >= 0.6 is 0 Å². The lowest BCUT2D eigenvalue weighted by atomic mass is 9.92. The van der Waals surface area contributed by atoms with Gasteiger partial charge in [0.25, 0.3) is 0 Å². The Morgan fingerprint density at radius 2 is 2.50 bits per heavy atom. The molecule has 2 rings (SSSR count). The van der Waals surface area contributed by atoms with Crippen LogP contribution in [0.15, 0.2) is 16.8 Å². The number of hydrogen-bond donors (Lipinski definition) is 1. The van der Waals surface area contributed by atoms with Crippen LogP contribution in [-0.2, 0) is 6.54 Å². The molecule has 1 heterocycles. The lowest BCUT2D eigenvalue weighted by molar-refractivity contribution is 0.344. The maximum absolute atomic E-state index is 5.03. The van der Waals surface area contributed by atoms with E-state index in [1.807, 2.05) is 6.07 Å². The summed E-state index contributed by atoms with van der Waals surface area (Å²) < 4.78 is 5.03. The Morgan fingerprint density at radius 1 is 1.64 bits per heavy atom. The molecule has 0 aliphatic heterocycles. The van der Waals surface area contributed by atoms with E-state index in [0.29, 0.717) is 11.5 Å². The van der Waals surface area contributed by atoms with Gasteiger partial charge in [-0.3, -0.25) is 0 Å². The van der Waals surface area contributed by atoms with Crippen molar-refractivity contribution in [3.05, 3.63) is 18.0 Å². The molecule has 1 aliphatic carbocycles. The van der Waals surface area contributed by atoms with Crippen LogP contribution in [0, 0.1) is 5.41 Å². The second-order valence-corrected chi connectivity index (χ2v) is 4.96. The first-order valence-electron chi connectivity index (χ1n) is 5.29. The van der Waals surface area contributed by atoms with E-state index in [4.69, 9.17) is 4.52 Å². The predicted molar refractivity (Wildman–Crippen MR) is 54.8 cm³/mol. The second-order valence-electron chi connectivity index (χ2n) is 4.96. The molecule has 1 aromatic heterocycles. The monoisotopic (exact) mass is 194 g/mol. The summed E-state index contributed by atoms with van der Waals surface area (Å²) in [6.07, 6.45) is 5.55. The van der Waals surface area contributed by atoms with E-state index in [-0.39, 0.29) is 0 Å². The lowest BCUT2D eigenvalue weighted by Gasteiger charge is -2.17. The molecule has 1 saturated carbocycles. The van der Waals surface area contributed by atoms with Crippen molar-refractivity contribution in [2.45, 2.75) is 45.7 Å². The summed E-state index contributed by atoms with van der Waals surface area (Å²) in [6, 6.07) is 2.56. The molecule has 1 aromatic rings. The largest absolute Gasteiger partial charge is 0.360 e. The van der Waals surface area contributed by atoms with Crippen molar-refractivity contribution in [3.8, 4) is 0 Å². The normalized spacial score (nSPS) is 25.4. The molecule has 1 unspecified atom stereocenters. The fourth-order valence-corrected chi connectivity index (χ4v) is 2.19. The van der Waals surface area contributed by atoms with E-state index in [9.17, 15) is 0 Å². The molecule has 14 heavy (non-hydrogen) atoms. The van der Waals surface area contributed by atoms with Gasteiger partial charge in [0, 0.05) is 12.1 Å². The highest BCUT2D eigenvalue weighted by molar-refractivity contribution is 4.94. The van der Waals surface area contributed by atoms with Crippen LogP contribution in [0.2, 0.25) is 0 Å². The average molecular weight is 194 g/mol. The number of hydrogen-bond acceptors (Lipinski definition) is 3. The highest BCUT2D eigenvalue weighted by atomic mass is 16.5. The molecule has 0 spiro atoms. The first-order valence-corrected chi connectivity index (χ1v) is 5.29. The van der Waals surface area contributed by atoms with E-state index in [1.54, 1.807) is 6.20 Å². The summed E-state index contributed by atoms with van der Waals surface area (Å²) in [6.45, 7) is 5.48. The van der Waals surface area contributed by atoms with Gasteiger partial charge in [-0.25, -0.2) is 0 Å². The van der Waals surface area contributed by atoms with Gasteiger partial charge < -0.3 is 9.84 Å². The van der Waals surface area contributed by atoms with Gasteiger partial charge >= 0.3 is 0 Å². The van der Waals surface area contributed by atoms with Crippen molar-refractivity contribution in [1.82, 2.24) is 10.5 Å². The highest BCUT2D eigenvalue weighted by Crippen LogP contribution is 2.36. The van der Waals surface area contributed by atoms with E-state index >= 15 is 0 Å². The topological polar surface area (TPSA) is 38.1 Å². The van der Waals surface area contributed by atoms with Gasteiger partial charge in [-0.15, -0.1) is 0 Å². The van der Waals surface area contributed by atoms with Crippen LogP contribution in [0.25, 0.3) is 0 Å². The first kappa shape index (κ1) is 9.71. The smallest absolute Gasteiger partial charge is 0.150 e. The molecule has 1 N–H and O–H groups in total. The minimum Gasteiger partial charge on any atom is -0.360 e. The maximum atomic E-state index is 5.03. The molecule has 0 aromatic carbocycles. The molecule has 0 bridgehead atoms. The van der Waals surface area contributed by atoms with Gasteiger partial charge in [0.15, 0.2) is 0 Å². The van der Waals surface area contributed by atoms with Gasteiger partial charge in [-0.2, -0.15) is 0 Å². The Balaban J connectivity index is 1.78. The van der Waals surface area contributed by atoms with Crippen LogP contribution in [0.4, 0.5) is 0 Å². The van der Waals surface area contributed by atoms with Crippen molar-refractivity contribution in [3.63, 3.8) is 0 Å². The summed E-state index contributed by atoms with van der Waals surface area (Å²) in [5, 5.41) is 7.19. The molecule has 3 heteroatoms. The minimum absolute atomic E-state index is 0.513. The van der Waals surface area contributed by atoms with Crippen molar-refractivity contribution in [2.75, 3.05) is 0 Å². The molecular formula is C11H18N2O. The predicted octanol–water partition coefficient (Wildman–Crippen LogP) is 2.34. The molecule has 1 fully saturated rings. The van der Waals surface area contributed by atoms with Crippen LogP contribution < -0.4 is 5.32 Å².